The molecule has 0 spiro atoms. The normalized spacial score (nSPS) is 12.9. The highest BCUT2D eigenvalue weighted by molar-refractivity contribution is 6.32. The second kappa shape index (κ2) is 17.0. The Labute approximate surface area is 362 Å². The van der Waals surface area contributed by atoms with Gasteiger partial charge in [-0.25, -0.2) is 0 Å². The standard InChI is InChI=1S/C60H55N/c1-3-5-7-21-37-60(38-22-8-6-4-2)54-32-20-19-29-48(54)49-35-33-44(39-55(49)60)45-34-36-56(61-41-45)53-40-52(42-23-11-9-12-24-42)58-50-30-17-15-27-46(50)47-28-16-18-31-51(47)59(58)57(53)43-25-13-10-14-26-43/h9-20,23-36,39-41H,3-8,21-22,37-38H2,1-2H3. The smallest absolute Gasteiger partial charge is 0.0709 e. The molecule has 10 rings (SSSR count). The summed E-state index contributed by atoms with van der Waals surface area (Å²) in [6, 6.07) is 63.4. The first kappa shape index (κ1) is 38.9. The molecule has 1 aromatic heterocycles. The highest BCUT2D eigenvalue weighted by Gasteiger charge is 2.42. The van der Waals surface area contributed by atoms with Gasteiger partial charge in [0.15, 0.2) is 0 Å². The molecule has 1 nitrogen and oxygen atoms in total. The average molecular weight is 790 g/mol. The summed E-state index contributed by atoms with van der Waals surface area (Å²) in [7, 11) is 0. The number of aromatic nitrogens is 1. The summed E-state index contributed by atoms with van der Waals surface area (Å²) in [5.74, 6) is 0. The number of nitrogens with zero attached hydrogens (tertiary/aromatic N) is 1. The summed E-state index contributed by atoms with van der Waals surface area (Å²) in [6.07, 6.45) is 14.8. The summed E-state index contributed by atoms with van der Waals surface area (Å²) in [5, 5.41) is 7.64. The molecule has 1 heteroatoms. The van der Waals surface area contributed by atoms with Crippen molar-refractivity contribution in [1.29, 1.82) is 0 Å². The molecular formula is C60H55N. The van der Waals surface area contributed by atoms with Crippen molar-refractivity contribution in [3.8, 4) is 55.8 Å². The van der Waals surface area contributed by atoms with Crippen molar-refractivity contribution in [1.82, 2.24) is 4.98 Å². The van der Waals surface area contributed by atoms with Crippen LogP contribution >= 0.6 is 0 Å². The predicted octanol–water partition coefficient (Wildman–Crippen LogP) is 17.4. The fraction of sp³-hybridized carbons (Fsp3) is 0.217. The maximum absolute atomic E-state index is 5.40. The molecule has 0 amide bonds. The van der Waals surface area contributed by atoms with Crippen molar-refractivity contribution in [2.45, 2.75) is 83.5 Å². The van der Waals surface area contributed by atoms with Crippen molar-refractivity contribution in [3.63, 3.8) is 0 Å². The zero-order valence-electron chi connectivity index (χ0n) is 35.8. The van der Waals surface area contributed by atoms with E-state index in [9.17, 15) is 0 Å². The van der Waals surface area contributed by atoms with Crippen LogP contribution in [-0.4, -0.2) is 4.98 Å². The van der Waals surface area contributed by atoms with Crippen LogP contribution in [0.25, 0.3) is 88.1 Å². The topological polar surface area (TPSA) is 12.9 Å². The molecule has 9 aromatic rings. The lowest BCUT2D eigenvalue weighted by molar-refractivity contribution is 0.401. The first-order valence-corrected chi connectivity index (χ1v) is 22.9. The molecule has 0 N–H and O–H groups in total. The van der Waals surface area contributed by atoms with Crippen LogP contribution in [0.5, 0.6) is 0 Å². The molecule has 0 atom stereocenters. The van der Waals surface area contributed by atoms with Gasteiger partial charge in [0.05, 0.1) is 5.69 Å². The van der Waals surface area contributed by atoms with Crippen molar-refractivity contribution in [3.05, 3.63) is 187 Å². The first-order chi connectivity index (χ1) is 30.2. The monoisotopic (exact) mass is 789 g/mol. The molecule has 300 valence electrons. The van der Waals surface area contributed by atoms with Crippen molar-refractivity contribution >= 4 is 32.3 Å². The van der Waals surface area contributed by atoms with E-state index in [2.05, 4.69) is 190 Å². The van der Waals surface area contributed by atoms with Crippen LogP contribution in [0.15, 0.2) is 176 Å². The van der Waals surface area contributed by atoms with Crippen LogP contribution in [-0.2, 0) is 5.41 Å². The number of benzene rings is 8. The molecule has 1 aliphatic rings. The van der Waals surface area contributed by atoms with Gasteiger partial charge in [-0.2, -0.15) is 0 Å². The van der Waals surface area contributed by atoms with Crippen LogP contribution in [0.3, 0.4) is 0 Å². The predicted molar refractivity (Wildman–Crippen MR) is 262 cm³/mol. The second-order valence-corrected chi connectivity index (χ2v) is 17.4. The molecule has 0 fully saturated rings. The Balaban J connectivity index is 1.15. The summed E-state index contributed by atoms with van der Waals surface area (Å²) >= 11 is 0. The SMILES string of the molecule is CCCCCCC1(CCCCCC)c2ccccc2-c2ccc(-c3ccc(-c4cc(-c5ccccc5)c5c6ccccc6c6ccccc6c5c4-c4ccccc4)nc3)cc21. The minimum Gasteiger partial charge on any atom is -0.256 e. The Morgan fingerprint density at radius 3 is 1.57 bits per heavy atom. The molecule has 8 aromatic carbocycles. The highest BCUT2D eigenvalue weighted by atomic mass is 14.7. The number of rotatable bonds is 14. The van der Waals surface area contributed by atoms with Crippen LogP contribution in [0, 0.1) is 0 Å². The highest BCUT2D eigenvalue weighted by Crippen LogP contribution is 2.55. The van der Waals surface area contributed by atoms with E-state index in [0.29, 0.717) is 0 Å². The minimum atomic E-state index is 0.0489. The van der Waals surface area contributed by atoms with Gasteiger partial charge < -0.3 is 0 Å². The largest absolute Gasteiger partial charge is 0.256 e. The fourth-order valence-corrected chi connectivity index (χ4v) is 10.8. The molecule has 1 aliphatic carbocycles. The zero-order chi connectivity index (χ0) is 41.2. The maximum Gasteiger partial charge on any atom is 0.0709 e. The molecule has 1 heterocycles. The molecule has 0 bridgehead atoms. The Kier molecular flexibility index (Phi) is 10.8. The molecule has 0 saturated heterocycles. The molecule has 0 unspecified atom stereocenters. The van der Waals surface area contributed by atoms with Gasteiger partial charge in [0.1, 0.15) is 0 Å². The number of unbranched alkanes of at least 4 members (excludes halogenated alkanes) is 6. The van der Waals surface area contributed by atoms with Crippen LogP contribution in [0.2, 0.25) is 0 Å². The van der Waals surface area contributed by atoms with E-state index >= 15 is 0 Å². The summed E-state index contributed by atoms with van der Waals surface area (Å²) in [4.78, 5) is 5.40. The minimum absolute atomic E-state index is 0.0489. The van der Waals surface area contributed by atoms with Crippen molar-refractivity contribution in [2.24, 2.45) is 0 Å². The Hall–Kier alpha value is -6.31. The van der Waals surface area contributed by atoms with E-state index in [-0.39, 0.29) is 5.41 Å². The average Bonchev–Trinajstić information content (AvgIpc) is 3.60. The Morgan fingerprint density at radius 1 is 0.377 bits per heavy atom. The zero-order valence-corrected chi connectivity index (χ0v) is 35.8. The third kappa shape index (κ3) is 6.95. The lowest BCUT2D eigenvalue weighted by Crippen LogP contribution is -2.25. The van der Waals surface area contributed by atoms with Gasteiger partial charge in [0.2, 0.25) is 0 Å². The second-order valence-electron chi connectivity index (χ2n) is 17.4. The van der Waals surface area contributed by atoms with Crippen LogP contribution in [0.1, 0.15) is 89.2 Å². The van der Waals surface area contributed by atoms with Crippen LogP contribution < -0.4 is 0 Å². The molecule has 0 radical (unpaired) electrons. The molecule has 0 saturated carbocycles. The van der Waals surface area contributed by atoms with Gasteiger partial charge in [0, 0.05) is 22.7 Å². The van der Waals surface area contributed by atoms with Gasteiger partial charge in [-0.3, -0.25) is 4.98 Å². The van der Waals surface area contributed by atoms with E-state index in [4.69, 9.17) is 4.98 Å². The van der Waals surface area contributed by atoms with E-state index < -0.39 is 0 Å². The quantitative estimate of drug-likeness (QED) is 0.0790. The number of hydrogen-bond donors (Lipinski definition) is 0. The van der Waals surface area contributed by atoms with Gasteiger partial charge in [-0.15, -0.1) is 0 Å². The van der Waals surface area contributed by atoms with Gasteiger partial charge in [0.25, 0.3) is 0 Å². The number of fused-ring (bicyclic) bond motifs is 9. The third-order valence-corrected chi connectivity index (χ3v) is 13.7. The first-order valence-electron chi connectivity index (χ1n) is 22.9. The molecule has 61 heavy (non-hydrogen) atoms. The lowest BCUT2D eigenvalue weighted by atomic mass is 9.70. The summed E-state index contributed by atoms with van der Waals surface area (Å²) < 4.78 is 0. The molecular weight excluding hydrogens is 735 g/mol. The lowest BCUT2D eigenvalue weighted by Gasteiger charge is -2.33. The van der Waals surface area contributed by atoms with E-state index in [1.54, 1.807) is 5.56 Å². The summed E-state index contributed by atoms with van der Waals surface area (Å²) in [5.41, 5.74) is 15.4. The van der Waals surface area contributed by atoms with E-state index in [0.717, 1.165) is 16.8 Å². The summed E-state index contributed by atoms with van der Waals surface area (Å²) in [6.45, 7) is 4.64. The number of pyridine rings is 1. The van der Waals surface area contributed by atoms with Gasteiger partial charge in [-0.05, 0) is 113 Å². The fourth-order valence-electron chi connectivity index (χ4n) is 10.8. The van der Waals surface area contributed by atoms with E-state index in [1.807, 2.05) is 0 Å². The maximum atomic E-state index is 5.40. The van der Waals surface area contributed by atoms with Crippen LogP contribution in [0.4, 0.5) is 0 Å². The third-order valence-electron chi connectivity index (χ3n) is 13.7. The van der Waals surface area contributed by atoms with Gasteiger partial charge >= 0.3 is 0 Å². The Bertz CT molecular complexity index is 2960. The van der Waals surface area contributed by atoms with E-state index in [1.165, 1.54) is 141 Å². The number of hydrogen-bond acceptors (Lipinski definition) is 1. The Morgan fingerprint density at radius 2 is 0.934 bits per heavy atom. The van der Waals surface area contributed by atoms with Gasteiger partial charge in [-0.1, -0.05) is 217 Å². The molecule has 0 aliphatic heterocycles. The van der Waals surface area contributed by atoms with Crippen molar-refractivity contribution in [2.75, 3.05) is 0 Å². The van der Waals surface area contributed by atoms with Crippen molar-refractivity contribution < 1.29 is 0 Å².